The van der Waals surface area contributed by atoms with Crippen molar-refractivity contribution in [3.8, 4) is 0 Å². The van der Waals surface area contributed by atoms with Gasteiger partial charge in [0.1, 0.15) is 0 Å². The molecule has 124 valence electrons. The number of halogens is 1. The average Bonchev–Trinajstić information content (AvgIpc) is 2.54. The minimum Gasteiger partial charge on any atom is -0.445 e. The number of hydrogen-bond acceptors (Lipinski definition) is 3. The second kappa shape index (κ2) is 6.29. The molecule has 0 spiro atoms. The number of ether oxygens (including phenoxy) is 1. The quantitative estimate of drug-likeness (QED) is 0.865. The molecule has 2 aromatic carbocycles. The molecule has 0 saturated carbocycles. The molecule has 0 aromatic heterocycles. The maximum absolute atomic E-state index is 12.7. The van der Waals surface area contributed by atoms with E-state index in [0.717, 1.165) is 11.1 Å². The lowest BCUT2D eigenvalue weighted by molar-refractivity contribution is -0.140. The highest BCUT2D eigenvalue weighted by Crippen LogP contribution is 2.29. The minimum atomic E-state index is -1.22. The molecule has 2 aromatic rings. The van der Waals surface area contributed by atoms with E-state index in [1.54, 1.807) is 31.2 Å². The van der Waals surface area contributed by atoms with Crippen molar-refractivity contribution in [3.05, 3.63) is 70.2 Å². The monoisotopic (exact) mass is 343 g/mol. The lowest BCUT2D eigenvalue weighted by Crippen LogP contribution is -2.52. The van der Waals surface area contributed by atoms with Gasteiger partial charge in [0, 0.05) is 11.4 Å². The normalized spacial score (nSPS) is 20.7. The van der Waals surface area contributed by atoms with Crippen LogP contribution in [0.15, 0.2) is 48.5 Å². The van der Waals surface area contributed by atoms with Gasteiger partial charge in [-0.25, -0.2) is 4.79 Å². The van der Waals surface area contributed by atoms with Crippen molar-refractivity contribution in [2.24, 2.45) is 0 Å². The van der Waals surface area contributed by atoms with E-state index >= 15 is 0 Å². The summed E-state index contributed by atoms with van der Waals surface area (Å²) in [6.07, 6.45) is 0.350. The first-order chi connectivity index (χ1) is 11.4. The second-order valence-electron chi connectivity index (χ2n) is 6.20. The summed E-state index contributed by atoms with van der Waals surface area (Å²) in [4.78, 5) is 24.9. The highest BCUT2D eigenvalue weighted by molar-refractivity contribution is 6.30. The Balaban J connectivity index is 1.79. The first-order valence-corrected chi connectivity index (χ1v) is 8.14. The van der Waals surface area contributed by atoms with Crippen molar-refractivity contribution in [1.29, 1.82) is 0 Å². The molecule has 0 saturated heterocycles. The van der Waals surface area contributed by atoms with Crippen molar-refractivity contribution >= 4 is 23.5 Å². The number of nitrogens with one attached hydrogen (secondary N) is 1. The molecule has 3 rings (SSSR count). The minimum absolute atomic E-state index is 0.246. The molecule has 1 aliphatic rings. The number of hydrogen-bond donors (Lipinski definition) is 1. The fourth-order valence-corrected chi connectivity index (χ4v) is 3.07. The van der Waals surface area contributed by atoms with Gasteiger partial charge in [0.2, 0.25) is 0 Å². The van der Waals surface area contributed by atoms with E-state index in [-0.39, 0.29) is 11.9 Å². The standard InChI is InChI=1S/C19H18ClNO3/c1-12(13-7-5-8-15(20)10-13)21-18(23)19(2)11-14-6-3-4-9-16(14)17(22)24-19/h3-10,12H,11H2,1-2H3,(H,21,23). The lowest BCUT2D eigenvalue weighted by Gasteiger charge is -2.34. The molecule has 0 bridgehead atoms. The molecule has 1 amide bonds. The predicted octanol–water partition coefficient (Wildman–Crippen LogP) is 3.69. The average molecular weight is 344 g/mol. The van der Waals surface area contributed by atoms with Crippen LogP contribution in [0.25, 0.3) is 0 Å². The molecule has 4 nitrogen and oxygen atoms in total. The van der Waals surface area contributed by atoms with Crippen molar-refractivity contribution < 1.29 is 14.3 Å². The first kappa shape index (κ1) is 16.5. The van der Waals surface area contributed by atoms with Gasteiger partial charge < -0.3 is 10.1 Å². The van der Waals surface area contributed by atoms with Crippen LogP contribution >= 0.6 is 11.6 Å². The van der Waals surface area contributed by atoms with Gasteiger partial charge in [-0.1, -0.05) is 41.9 Å². The zero-order valence-corrected chi connectivity index (χ0v) is 14.3. The summed E-state index contributed by atoms with van der Waals surface area (Å²) in [7, 11) is 0. The summed E-state index contributed by atoms with van der Waals surface area (Å²) in [5.41, 5.74) is 1.01. The van der Waals surface area contributed by atoms with E-state index in [2.05, 4.69) is 5.32 Å². The number of rotatable bonds is 3. The van der Waals surface area contributed by atoms with Crippen LogP contribution in [0, 0.1) is 0 Å². The molecular formula is C19H18ClNO3. The number of fused-ring (bicyclic) bond motifs is 1. The van der Waals surface area contributed by atoms with Crippen LogP contribution in [0.4, 0.5) is 0 Å². The molecule has 0 radical (unpaired) electrons. The number of amides is 1. The summed E-state index contributed by atoms with van der Waals surface area (Å²) in [6, 6.07) is 14.3. The maximum Gasteiger partial charge on any atom is 0.339 e. The summed E-state index contributed by atoms with van der Waals surface area (Å²) in [5, 5.41) is 3.52. The maximum atomic E-state index is 12.7. The Bertz CT molecular complexity index is 805. The third-order valence-corrected chi connectivity index (χ3v) is 4.49. The lowest BCUT2D eigenvalue weighted by atomic mass is 9.89. The van der Waals surface area contributed by atoms with Crippen LogP contribution < -0.4 is 5.32 Å². The molecule has 24 heavy (non-hydrogen) atoms. The van der Waals surface area contributed by atoms with Crippen LogP contribution in [0.2, 0.25) is 5.02 Å². The molecule has 5 heteroatoms. The molecule has 0 fully saturated rings. The Kier molecular flexibility index (Phi) is 4.33. The number of benzene rings is 2. The Labute approximate surface area is 145 Å². The number of carbonyl (C=O) groups excluding carboxylic acids is 2. The molecule has 1 aliphatic heterocycles. The first-order valence-electron chi connectivity index (χ1n) is 7.77. The number of cyclic esters (lactones) is 1. The van der Waals surface area contributed by atoms with Crippen molar-refractivity contribution in [2.75, 3.05) is 0 Å². The molecule has 1 heterocycles. The van der Waals surface area contributed by atoms with E-state index in [0.29, 0.717) is 17.0 Å². The van der Waals surface area contributed by atoms with Crippen molar-refractivity contribution in [1.82, 2.24) is 5.32 Å². The van der Waals surface area contributed by atoms with Gasteiger partial charge in [0.25, 0.3) is 5.91 Å². The van der Waals surface area contributed by atoms with Crippen molar-refractivity contribution in [3.63, 3.8) is 0 Å². The van der Waals surface area contributed by atoms with Crippen LogP contribution in [-0.4, -0.2) is 17.5 Å². The van der Waals surface area contributed by atoms with E-state index in [1.165, 1.54) is 0 Å². The summed E-state index contributed by atoms with van der Waals surface area (Å²) >= 11 is 5.99. The highest BCUT2D eigenvalue weighted by Gasteiger charge is 2.42. The Morgan fingerprint density at radius 2 is 2.00 bits per heavy atom. The van der Waals surface area contributed by atoms with Gasteiger partial charge in [-0.2, -0.15) is 0 Å². The third-order valence-electron chi connectivity index (χ3n) is 4.26. The van der Waals surface area contributed by atoms with Crippen LogP contribution in [0.5, 0.6) is 0 Å². The van der Waals surface area contributed by atoms with Crippen LogP contribution in [0.1, 0.15) is 41.4 Å². The van der Waals surface area contributed by atoms with Gasteiger partial charge in [-0.15, -0.1) is 0 Å². The summed E-state index contributed by atoms with van der Waals surface area (Å²) in [5.74, 6) is -0.789. The Hall–Kier alpha value is -2.33. The molecule has 1 N–H and O–H groups in total. The highest BCUT2D eigenvalue weighted by atomic mass is 35.5. The van der Waals surface area contributed by atoms with Crippen LogP contribution in [-0.2, 0) is 16.0 Å². The second-order valence-corrected chi connectivity index (χ2v) is 6.64. The van der Waals surface area contributed by atoms with E-state index in [4.69, 9.17) is 16.3 Å². The largest absolute Gasteiger partial charge is 0.445 e. The van der Waals surface area contributed by atoms with E-state index in [9.17, 15) is 9.59 Å². The van der Waals surface area contributed by atoms with E-state index < -0.39 is 11.6 Å². The van der Waals surface area contributed by atoms with E-state index in [1.807, 2.05) is 31.2 Å². The zero-order chi connectivity index (χ0) is 17.3. The van der Waals surface area contributed by atoms with Gasteiger partial charge in [0.05, 0.1) is 11.6 Å². The SMILES string of the molecule is CC(NC(=O)C1(C)Cc2ccccc2C(=O)O1)c1cccc(Cl)c1. The topological polar surface area (TPSA) is 55.4 Å². The predicted molar refractivity (Wildman–Crippen MR) is 92.0 cm³/mol. The van der Waals surface area contributed by atoms with Crippen LogP contribution in [0.3, 0.4) is 0 Å². The fraction of sp³-hybridized carbons (Fsp3) is 0.263. The van der Waals surface area contributed by atoms with Crippen molar-refractivity contribution in [2.45, 2.75) is 31.9 Å². The molecule has 0 aliphatic carbocycles. The Morgan fingerprint density at radius 3 is 2.75 bits per heavy atom. The summed E-state index contributed by atoms with van der Waals surface area (Å²) < 4.78 is 5.45. The van der Waals surface area contributed by atoms with Gasteiger partial charge in [-0.05, 0) is 43.2 Å². The fourth-order valence-electron chi connectivity index (χ4n) is 2.87. The zero-order valence-electron chi connectivity index (χ0n) is 13.5. The summed E-state index contributed by atoms with van der Waals surface area (Å²) in [6.45, 7) is 3.51. The number of esters is 1. The third kappa shape index (κ3) is 3.15. The van der Waals surface area contributed by atoms with Gasteiger partial charge in [-0.3, -0.25) is 4.79 Å². The van der Waals surface area contributed by atoms with Gasteiger partial charge in [0.15, 0.2) is 5.60 Å². The Morgan fingerprint density at radius 1 is 1.25 bits per heavy atom. The molecule has 2 unspecified atom stereocenters. The smallest absolute Gasteiger partial charge is 0.339 e. The number of carbonyl (C=O) groups is 2. The molecular weight excluding hydrogens is 326 g/mol. The molecule has 2 atom stereocenters. The van der Waals surface area contributed by atoms with Gasteiger partial charge >= 0.3 is 5.97 Å².